The van der Waals surface area contributed by atoms with Crippen LogP contribution in [0.15, 0.2) is 24.3 Å². The highest BCUT2D eigenvalue weighted by molar-refractivity contribution is 5.78. The Morgan fingerprint density at radius 2 is 2.04 bits per heavy atom. The summed E-state index contributed by atoms with van der Waals surface area (Å²) in [5, 5.41) is 0. The number of benzene rings is 1. The Morgan fingerprint density at radius 3 is 2.68 bits per heavy atom. The second-order valence-electron chi connectivity index (χ2n) is 7.45. The fourth-order valence-corrected chi connectivity index (χ4v) is 3.37. The zero-order valence-electron chi connectivity index (χ0n) is 15.9. The van der Waals surface area contributed by atoms with Crippen LogP contribution < -0.4 is 10.5 Å². The molecular weight excluding hydrogens is 316 g/mol. The summed E-state index contributed by atoms with van der Waals surface area (Å²) in [6.45, 7) is 5.47. The predicted molar refractivity (Wildman–Crippen MR) is 99.4 cm³/mol. The number of nitrogens with zero attached hydrogens (tertiary/aromatic N) is 1. The van der Waals surface area contributed by atoms with E-state index in [1.54, 1.807) is 12.0 Å². The van der Waals surface area contributed by atoms with Crippen molar-refractivity contribution in [3.8, 4) is 5.75 Å². The van der Waals surface area contributed by atoms with Crippen molar-refractivity contribution in [2.24, 2.45) is 17.6 Å². The maximum absolute atomic E-state index is 12.8. The second kappa shape index (κ2) is 9.20. The van der Waals surface area contributed by atoms with Crippen molar-refractivity contribution >= 4 is 5.91 Å². The Morgan fingerprint density at radius 1 is 1.32 bits per heavy atom. The van der Waals surface area contributed by atoms with Crippen molar-refractivity contribution in [3.05, 3.63) is 29.8 Å². The van der Waals surface area contributed by atoms with Crippen molar-refractivity contribution in [3.63, 3.8) is 0 Å². The fraction of sp³-hybridized carbons (Fsp3) is 0.650. The van der Waals surface area contributed by atoms with E-state index in [4.69, 9.17) is 15.2 Å². The maximum atomic E-state index is 12.8. The molecule has 0 unspecified atom stereocenters. The third-order valence-electron chi connectivity index (χ3n) is 4.81. The Labute approximate surface area is 151 Å². The van der Waals surface area contributed by atoms with Gasteiger partial charge in [-0.05, 0) is 31.2 Å². The first-order valence-electron chi connectivity index (χ1n) is 9.16. The first kappa shape index (κ1) is 19.7. The Kier molecular flexibility index (Phi) is 7.26. The monoisotopic (exact) mass is 348 g/mol. The van der Waals surface area contributed by atoms with Crippen LogP contribution in [0.25, 0.3) is 0 Å². The molecule has 3 atom stereocenters. The van der Waals surface area contributed by atoms with Gasteiger partial charge in [0.25, 0.3) is 0 Å². The van der Waals surface area contributed by atoms with Gasteiger partial charge in [0.1, 0.15) is 5.75 Å². The van der Waals surface area contributed by atoms with Crippen LogP contribution in [0.4, 0.5) is 0 Å². The highest BCUT2D eigenvalue weighted by atomic mass is 16.5. The summed E-state index contributed by atoms with van der Waals surface area (Å²) >= 11 is 0. The summed E-state index contributed by atoms with van der Waals surface area (Å²) < 4.78 is 11.3. The molecule has 0 aliphatic heterocycles. The Balaban J connectivity index is 1.97. The largest absolute Gasteiger partial charge is 0.493 e. The summed E-state index contributed by atoms with van der Waals surface area (Å²) in [6.07, 6.45) is 2.43. The molecule has 25 heavy (non-hydrogen) atoms. The van der Waals surface area contributed by atoms with E-state index in [0.29, 0.717) is 25.5 Å². The number of carbonyl (C=O) groups excluding carboxylic acids is 1. The molecule has 0 aromatic heterocycles. The third kappa shape index (κ3) is 5.44. The minimum atomic E-state index is -0.0669. The molecule has 1 aliphatic carbocycles. The lowest BCUT2D eigenvalue weighted by Crippen LogP contribution is -2.45. The van der Waals surface area contributed by atoms with E-state index < -0.39 is 0 Å². The van der Waals surface area contributed by atoms with E-state index >= 15 is 0 Å². The van der Waals surface area contributed by atoms with Crippen LogP contribution in [0.1, 0.15) is 38.7 Å². The zero-order chi connectivity index (χ0) is 18.4. The van der Waals surface area contributed by atoms with E-state index in [2.05, 4.69) is 13.8 Å². The normalized spacial score (nSPS) is 23.5. The van der Waals surface area contributed by atoms with Gasteiger partial charge in [-0.3, -0.25) is 4.79 Å². The molecule has 1 aromatic carbocycles. The molecule has 1 fully saturated rings. The predicted octanol–water partition coefficient (Wildman–Crippen LogP) is 2.82. The van der Waals surface area contributed by atoms with Gasteiger partial charge in [0.05, 0.1) is 12.7 Å². The summed E-state index contributed by atoms with van der Waals surface area (Å²) in [4.78, 5) is 14.6. The van der Waals surface area contributed by atoms with Crippen molar-refractivity contribution in [2.45, 2.75) is 51.8 Å². The van der Waals surface area contributed by atoms with Gasteiger partial charge in [-0.25, -0.2) is 0 Å². The summed E-state index contributed by atoms with van der Waals surface area (Å²) in [7, 11) is 3.54. The van der Waals surface area contributed by atoms with Gasteiger partial charge in [0.15, 0.2) is 0 Å². The van der Waals surface area contributed by atoms with Crippen LogP contribution in [0, 0.1) is 11.8 Å². The molecule has 2 N–H and O–H groups in total. The SMILES string of the molecule is CO[C@@H]1CC[C@H](C(=O)N(C)Cc2ccccc2OCC(C)C)C[C@H]1N. The van der Waals surface area contributed by atoms with Crippen molar-refractivity contribution < 1.29 is 14.3 Å². The molecule has 1 aliphatic rings. The number of ether oxygens (including phenoxy) is 2. The van der Waals surface area contributed by atoms with Crippen molar-refractivity contribution in [1.82, 2.24) is 4.90 Å². The summed E-state index contributed by atoms with van der Waals surface area (Å²) in [5.74, 6) is 1.46. The van der Waals surface area contributed by atoms with Gasteiger partial charge in [0, 0.05) is 38.2 Å². The molecule has 140 valence electrons. The van der Waals surface area contributed by atoms with Gasteiger partial charge < -0.3 is 20.1 Å². The van der Waals surface area contributed by atoms with Crippen LogP contribution >= 0.6 is 0 Å². The number of rotatable bonds is 7. The molecule has 1 aromatic rings. The quantitative estimate of drug-likeness (QED) is 0.823. The van der Waals surface area contributed by atoms with Crippen molar-refractivity contribution in [2.75, 3.05) is 20.8 Å². The van der Waals surface area contributed by atoms with Crippen LogP contribution in [-0.2, 0) is 16.1 Å². The van der Waals surface area contributed by atoms with Crippen LogP contribution in [0.3, 0.4) is 0 Å². The second-order valence-corrected chi connectivity index (χ2v) is 7.45. The minimum absolute atomic E-state index is 0.0184. The Bertz CT molecular complexity index is 562. The van der Waals surface area contributed by atoms with Crippen LogP contribution in [0.2, 0.25) is 0 Å². The number of para-hydroxylation sites is 1. The average Bonchev–Trinajstić information content (AvgIpc) is 2.60. The van der Waals surface area contributed by atoms with E-state index in [-0.39, 0.29) is 24.0 Å². The average molecular weight is 348 g/mol. The molecule has 0 bridgehead atoms. The lowest BCUT2D eigenvalue weighted by Gasteiger charge is -2.34. The molecule has 1 saturated carbocycles. The van der Waals surface area contributed by atoms with E-state index in [9.17, 15) is 4.79 Å². The van der Waals surface area contributed by atoms with Crippen LogP contribution in [-0.4, -0.2) is 43.7 Å². The Hall–Kier alpha value is -1.59. The van der Waals surface area contributed by atoms with Gasteiger partial charge in [-0.1, -0.05) is 32.0 Å². The molecular formula is C20H32N2O3. The van der Waals surface area contributed by atoms with E-state index in [1.807, 2.05) is 31.3 Å². The van der Waals surface area contributed by atoms with Gasteiger partial charge in [0.2, 0.25) is 5.91 Å². The number of nitrogens with two attached hydrogens (primary N) is 1. The molecule has 2 rings (SSSR count). The van der Waals surface area contributed by atoms with Crippen LogP contribution in [0.5, 0.6) is 5.75 Å². The lowest BCUT2D eigenvalue weighted by molar-refractivity contribution is -0.137. The molecule has 5 heteroatoms. The standard InChI is InChI=1S/C20H32N2O3/c1-14(2)13-25-18-8-6-5-7-16(18)12-22(3)20(23)15-9-10-19(24-4)17(21)11-15/h5-8,14-15,17,19H,9-13,21H2,1-4H3/t15-,17+,19+/m0/s1. The number of amides is 1. The first-order chi connectivity index (χ1) is 11.9. The van der Waals surface area contributed by atoms with Gasteiger partial charge in [-0.15, -0.1) is 0 Å². The molecule has 1 amide bonds. The lowest BCUT2D eigenvalue weighted by atomic mass is 9.83. The van der Waals surface area contributed by atoms with Crippen molar-refractivity contribution in [1.29, 1.82) is 0 Å². The number of hydrogen-bond acceptors (Lipinski definition) is 4. The van der Waals surface area contributed by atoms with E-state index in [1.165, 1.54) is 0 Å². The third-order valence-corrected chi connectivity index (χ3v) is 4.81. The van der Waals surface area contributed by atoms with E-state index in [0.717, 1.165) is 24.2 Å². The number of carbonyl (C=O) groups is 1. The minimum Gasteiger partial charge on any atom is -0.493 e. The maximum Gasteiger partial charge on any atom is 0.225 e. The van der Waals surface area contributed by atoms with Gasteiger partial charge in [-0.2, -0.15) is 0 Å². The molecule has 5 nitrogen and oxygen atoms in total. The number of hydrogen-bond donors (Lipinski definition) is 1. The zero-order valence-corrected chi connectivity index (χ0v) is 15.9. The molecule has 0 heterocycles. The summed E-state index contributed by atoms with van der Waals surface area (Å²) in [5.41, 5.74) is 7.18. The number of methoxy groups -OCH3 is 1. The molecule has 0 saturated heterocycles. The summed E-state index contributed by atoms with van der Waals surface area (Å²) in [6, 6.07) is 7.87. The van der Waals surface area contributed by atoms with Gasteiger partial charge >= 0.3 is 0 Å². The first-order valence-corrected chi connectivity index (χ1v) is 9.16. The molecule has 0 spiro atoms. The fourth-order valence-electron chi connectivity index (χ4n) is 3.37. The highest BCUT2D eigenvalue weighted by Gasteiger charge is 2.33. The highest BCUT2D eigenvalue weighted by Crippen LogP contribution is 2.28. The molecule has 0 radical (unpaired) electrons. The smallest absolute Gasteiger partial charge is 0.225 e. The topological polar surface area (TPSA) is 64.8 Å².